The topological polar surface area (TPSA) is 43.7 Å². The molecule has 0 atom stereocenters. The summed E-state index contributed by atoms with van der Waals surface area (Å²) in [6.07, 6.45) is 0.584. The monoisotopic (exact) mass is 273 g/mol. The van der Waals surface area contributed by atoms with Gasteiger partial charge in [-0.2, -0.15) is 0 Å². The van der Waals surface area contributed by atoms with Crippen LogP contribution in [0.1, 0.15) is 12.5 Å². The Hall–Kier alpha value is -1.04. The molecule has 19 heavy (non-hydrogen) atoms. The van der Waals surface area contributed by atoms with Gasteiger partial charge in [-0.15, -0.1) is 0 Å². The summed E-state index contributed by atoms with van der Waals surface area (Å²) >= 11 is 0. The maximum atomic E-state index is 13.0. The van der Waals surface area contributed by atoms with Crippen molar-refractivity contribution in [1.82, 2.24) is 4.90 Å². The highest BCUT2D eigenvalue weighted by molar-refractivity contribution is 5.18. The molecular weight excluding hydrogens is 252 g/mol. The lowest BCUT2D eigenvalue weighted by atomic mass is 9.92. The predicted octanol–water partition coefficient (Wildman–Crippen LogP) is 1.43. The molecule has 0 spiro atoms. The molecule has 0 fully saturated rings. The number of benzene rings is 1. The minimum atomic E-state index is -0.842. The van der Waals surface area contributed by atoms with Gasteiger partial charge in [0, 0.05) is 18.5 Å². The Kier molecular flexibility index (Phi) is 5.85. The van der Waals surface area contributed by atoms with Crippen LogP contribution in [0.2, 0.25) is 0 Å². The summed E-state index contributed by atoms with van der Waals surface area (Å²) in [6.45, 7) is 2.77. The highest BCUT2D eigenvalue weighted by atomic mass is 19.2. The Labute approximate surface area is 112 Å². The number of nitrogens with zero attached hydrogens (tertiary/aromatic N) is 1. The van der Waals surface area contributed by atoms with Crippen LogP contribution in [-0.4, -0.2) is 48.5 Å². The summed E-state index contributed by atoms with van der Waals surface area (Å²) < 4.78 is 25.8. The molecule has 0 saturated heterocycles. The van der Waals surface area contributed by atoms with E-state index in [2.05, 4.69) is 0 Å². The van der Waals surface area contributed by atoms with E-state index in [1.54, 1.807) is 13.0 Å². The molecule has 0 aliphatic heterocycles. The Morgan fingerprint density at radius 2 is 1.79 bits per heavy atom. The summed E-state index contributed by atoms with van der Waals surface area (Å²) in [4.78, 5) is 1.95. The summed E-state index contributed by atoms with van der Waals surface area (Å²) in [5, 5.41) is 18.4. The van der Waals surface area contributed by atoms with Gasteiger partial charge in [-0.25, -0.2) is 8.78 Å². The van der Waals surface area contributed by atoms with Crippen LogP contribution in [-0.2, 0) is 6.42 Å². The summed E-state index contributed by atoms with van der Waals surface area (Å²) in [7, 11) is 1.86. The van der Waals surface area contributed by atoms with Crippen molar-refractivity contribution >= 4 is 0 Å². The van der Waals surface area contributed by atoms with E-state index < -0.39 is 17.0 Å². The molecule has 0 aromatic heterocycles. The van der Waals surface area contributed by atoms with E-state index >= 15 is 0 Å². The highest BCUT2D eigenvalue weighted by Crippen LogP contribution is 2.16. The van der Waals surface area contributed by atoms with Gasteiger partial charge in [-0.3, -0.25) is 0 Å². The number of hydrogen-bond acceptors (Lipinski definition) is 3. The van der Waals surface area contributed by atoms with E-state index in [9.17, 15) is 19.0 Å². The van der Waals surface area contributed by atoms with Crippen LogP contribution in [0.15, 0.2) is 18.2 Å². The van der Waals surface area contributed by atoms with E-state index in [0.29, 0.717) is 19.5 Å². The third-order valence-corrected chi connectivity index (χ3v) is 3.18. The van der Waals surface area contributed by atoms with Crippen LogP contribution >= 0.6 is 0 Å². The van der Waals surface area contributed by atoms with Crippen molar-refractivity contribution in [3.05, 3.63) is 35.4 Å². The minimum absolute atomic E-state index is 0.0982. The SMILES string of the molecule is CN(CCc1ccc(F)c(F)c1)CC(C)(CO)CO. The molecule has 0 aliphatic rings. The molecule has 0 radical (unpaired) electrons. The van der Waals surface area contributed by atoms with Gasteiger partial charge in [0.05, 0.1) is 13.2 Å². The quantitative estimate of drug-likeness (QED) is 0.790. The van der Waals surface area contributed by atoms with Crippen molar-refractivity contribution in [2.24, 2.45) is 5.41 Å². The molecule has 0 unspecified atom stereocenters. The number of likely N-dealkylation sites (N-methyl/N-ethyl adjacent to an activating group) is 1. The number of aliphatic hydroxyl groups is 2. The van der Waals surface area contributed by atoms with Crippen LogP contribution in [0.3, 0.4) is 0 Å². The normalized spacial score (nSPS) is 12.2. The van der Waals surface area contributed by atoms with Crippen molar-refractivity contribution in [2.45, 2.75) is 13.3 Å². The van der Waals surface area contributed by atoms with Gasteiger partial charge in [-0.1, -0.05) is 13.0 Å². The fourth-order valence-corrected chi connectivity index (χ4v) is 1.90. The second-order valence-electron chi connectivity index (χ2n) is 5.36. The summed E-state index contributed by atoms with van der Waals surface area (Å²) in [6, 6.07) is 3.88. The van der Waals surface area contributed by atoms with Crippen molar-refractivity contribution in [2.75, 3.05) is 33.4 Å². The maximum Gasteiger partial charge on any atom is 0.159 e. The molecule has 1 rings (SSSR count). The average Bonchev–Trinajstić information content (AvgIpc) is 2.40. The zero-order valence-electron chi connectivity index (χ0n) is 11.4. The van der Waals surface area contributed by atoms with Crippen LogP contribution in [0.25, 0.3) is 0 Å². The fourth-order valence-electron chi connectivity index (χ4n) is 1.90. The van der Waals surface area contributed by atoms with Crippen molar-refractivity contribution < 1.29 is 19.0 Å². The first-order chi connectivity index (χ1) is 8.90. The standard InChI is InChI=1S/C14H21F2NO2/c1-14(9-18,10-19)8-17(2)6-5-11-3-4-12(15)13(16)7-11/h3-4,7,18-19H,5-6,8-10H2,1-2H3. The van der Waals surface area contributed by atoms with E-state index in [1.165, 1.54) is 6.07 Å². The lowest BCUT2D eigenvalue weighted by Gasteiger charge is -2.30. The van der Waals surface area contributed by atoms with Crippen molar-refractivity contribution in [3.63, 3.8) is 0 Å². The molecule has 3 nitrogen and oxygen atoms in total. The van der Waals surface area contributed by atoms with Crippen LogP contribution in [0.4, 0.5) is 8.78 Å². The third-order valence-electron chi connectivity index (χ3n) is 3.18. The zero-order chi connectivity index (χ0) is 14.5. The Bertz CT molecular complexity index is 408. The van der Waals surface area contributed by atoms with Gasteiger partial charge in [0.15, 0.2) is 11.6 Å². The Balaban J connectivity index is 2.50. The number of halogens is 2. The lowest BCUT2D eigenvalue weighted by Crippen LogP contribution is -2.39. The number of aliphatic hydroxyl groups excluding tert-OH is 2. The minimum Gasteiger partial charge on any atom is -0.396 e. The van der Waals surface area contributed by atoms with Gasteiger partial charge < -0.3 is 15.1 Å². The second-order valence-corrected chi connectivity index (χ2v) is 5.36. The average molecular weight is 273 g/mol. The molecular formula is C14H21F2NO2. The van der Waals surface area contributed by atoms with Gasteiger partial charge in [0.25, 0.3) is 0 Å². The Morgan fingerprint density at radius 1 is 1.16 bits per heavy atom. The van der Waals surface area contributed by atoms with Crippen molar-refractivity contribution in [1.29, 1.82) is 0 Å². The lowest BCUT2D eigenvalue weighted by molar-refractivity contribution is 0.0423. The van der Waals surface area contributed by atoms with Crippen LogP contribution < -0.4 is 0 Å². The van der Waals surface area contributed by atoms with Crippen LogP contribution in [0.5, 0.6) is 0 Å². The molecule has 0 heterocycles. The van der Waals surface area contributed by atoms with Crippen LogP contribution in [0, 0.1) is 17.0 Å². The maximum absolute atomic E-state index is 13.0. The molecule has 0 aliphatic carbocycles. The first-order valence-corrected chi connectivity index (χ1v) is 6.24. The van der Waals surface area contributed by atoms with Gasteiger partial charge in [0.2, 0.25) is 0 Å². The van der Waals surface area contributed by atoms with E-state index in [4.69, 9.17) is 0 Å². The summed E-state index contributed by atoms with van der Waals surface area (Å²) in [5.74, 6) is -1.68. The molecule has 108 valence electrons. The predicted molar refractivity (Wildman–Crippen MR) is 69.8 cm³/mol. The van der Waals surface area contributed by atoms with E-state index in [1.807, 2.05) is 11.9 Å². The molecule has 1 aromatic rings. The third kappa shape index (κ3) is 4.86. The molecule has 5 heteroatoms. The smallest absolute Gasteiger partial charge is 0.159 e. The molecule has 0 amide bonds. The second kappa shape index (κ2) is 6.93. The molecule has 2 N–H and O–H groups in total. The Morgan fingerprint density at radius 3 is 2.32 bits per heavy atom. The molecule has 1 aromatic carbocycles. The van der Waals surface area contributed by atoms with Gasteiger partial charge in [0.1, 0.15) is 0 Å². The van der Waals surface area contributed by atoms with E-state index in [0.717, 1.165) is 11.6 Å². The highest BCUT2D eigenvalue weighted by Gasteiger charge is 2.24. The van der Waals surface area contributed by atoms with E-state index in [-0.39, 0.29) is 13.2 Å². The van der Waals surface area contributed by atoms with Gasteiger partial charge in [-0.05, 0) is 31.2 Å². The largest absolute Gasteiger partial charge is 0.396 e. The number of hydrogen-bond donors (Lipinski definition) is 2. The first kappa shape index (κ1) is 16.0. The summed E-state index contributed by atoms with van der Waals surface area (Å²) in [5.41, 5.74) is 0.170. The molecule has 0 saturated carbocycles. The number of rotatable bonds is 7. The first-order valence-electron chi connectivity index (χ1n) is 6.24. The van der Waals surface area contributed by atoms with Gasteiger partial charge >= 0.3 is 0 Å². The van der Waals surface area contributed by atoms with Crippen molar-refractivity contribution in [3.8, 4) is 0 Å². The zero-order valence-corrected chi connectivity index (χ0v) is 11.4. The molecule has 0 bridgehead atoms. The fraction of sp³-hybridized carbons (Fsp3) is 0.571.